The number of methoxy groups -OCH3 is 2. The molecule has 0 heterocycles. The van der Waals surface area contributed by atoms with E-state index in [1.807, 2.05) is 6.07 Å². The van der Waals surface area contributed by atoms with Crippen LogP contribution in [-0.2, 0) is 4.79 Å². The highest BCUT2D eigenvalue weighted by Gasteiger charge is 2.16. The van der Waals surface area contributed by atoms with Gasteiger partial charge in [-0.25, -0.2) is 4.79 Å². The molecular formula is C26H21N3O7. The predicted octanol–water partition coefficient (Wildman–Crippen LogP) is 4.69. The van der Waals surface area contributed by atoms with Crippen molar-refractivity contribution in [3.05, 3.63) is 93.0 Å². The second kappa shape index (κ2) is 11.3. The summed E-state index contributed by atoms with van der Waals surface area (Å²) in [6.07, 6.45) is 1.30. The van der Waals surface area contributed by atoms with Crippen molar-refractivity contribution in [2.24, 2.45) is 0 Å². The van der Waals surface area contributed by atoms with Crippen LogP contribution in [0.15, 0.2) is 66.2 Å². The number of carbonyl (C=O) groups is 2. The summed E-state index contributed by atoms with van der Waals surface area (Å²) >= 11 is 0. The van der Waals surface area contributed by atoms with Gasteiger partial charge in [-0.1, -0.05) is 12.1 Å². The molecule has 0 aromatic heterocycles. The van der Waals surface area contributed by atoms with E-state index in [-0.39, 0.29) is 34.0 Å². The summed E-state index contributed by atoms with van der Waals surface area (Å²) in [5.74, 6) is -0.465. The third-order valence-corrected chi connectivity index (χ3v) is 5.07. The SMILES string of the molecule is COc1ccc(C(=O)Oc2cc(/C=C(\C#N)C(=O)Nc3cc([N+](=O)[O-])ccc3C)ccc2OC)cc1. The van der Waals surface area contributed by atoms with Crippen molar-refractivity contribution in [2.75, 3.05) is 19.5 Å². The number of carbonyl (C=O) groups excluding carboxylic acids is 2. The molecule has 3 aromatic carbocycles. The summed E-state index contributed by atoms with van der Waals surface area (Å²) in [6, 6.07) is 16.7. The molecule has 0 fully saturated rings. The third kappa shape index (κ3) is 6.03. The van der Waals surface area contributed by atoms with E-state index < -0.39 is 16.8 Å². The summed E-state index contributed by atoms with van der Waals surface area (Å²) in [4.78, 5) is 35.8. The number of aryl methyl sites for hydroxylation is 1. The Labute approximate surface area is 206 Å². The molecule has 36 heavy (non-hydrogen) atoms. The molecule has 0 atom stereocenters. The van der Waals surface area contributed by atoms with Crippen LogP contribution in [0.3, 0.4) is 0 Å². The van der Waals surface area contributed by atoms with Gasteiger partial charge in [0.15, 0.2) is 11.5 Å². The van der Waals surface area contributed by atoms with Crippen LogP contribution >= 0.6 is 0 Å². The summed E-state index contributed by atoms with van der Waals surface area (Å²) in [5.41, 5.74) is 0.997. The maximum Gasteiger partial charge on any atom is 0.343 e. The van der Waals surface area contributed by atoms with E-state index in [2.05, 4.69) is 5.32 Å². The number of rotatable bonds is 8. The zero-order valence-corrected chi connectivity index (χ0v) is 19.6. The molecule has 3 aromatic rings. The Morgan fingerprint density at radius 2 is 1.72 bits per heavy atom. The van der Waals surface area contributed by atoms with Crippen molar-refractivity contribution in [2.45, 2.75) is 6.92 Å². The molecule has 0 aliphatic rings. The number of nitriles is 1. The lowest BCUT2D eigenvalue weighted by Crippen LogP contribution is -2.14. The van der Waals surface area contributed by atoms with Crippen molar-refractivity contribution in [3.8, 4) is 23.3 Å². The van der Waals surface area contributed by atoms with Gasteiger partial charge in [0, 0.05) is 12.1 Å². The van der Waals surface area contributed by atoms with Crippen LogP contribution in [-0.4, -0.2) is 31.0 Å². The van der Waals surface area contributed by atoms with Crippen LogP contribution in [0.4, 0.5) is 11.4 Å². The molecule has 0 spiro atoms. The minimum atomic E-state index is -0.756. The van der Waals surface area contributed by atoms with E-state index in [4.69, 9.17) is 14.2 Å². The van der Waals surface area contributed by atoms with E-state index >= 15 is 0 Å². The van der Waals surface area contributed by atoms with Gasteiger partial charge in [-0.05, 0) is 60.5 Å². The van der Waals surface area contributed by atoms with Gasteiger partial charge >= 0.3 is 5.97 Å². The number of non-ortho nitro benzene ring substituents is 1. The van der Waals surface area contributed by atoms with Crippen LogP contribution in [0.5, 0.6) is 17.2 Å². The van der Waals surface area contributed by atoms with Crippen LogP contribution in [0.1, 0.15) is 21.5 Å². The number of anilines is 1. The molecule has 10 nitrogen and oxygen atoms in total. The number of amides is 1. The third-order valence-electron chi connectivity index (χ3n) is 5.07. The molecule has 0 aliphatic heterocycles. The van der Waals surface area contributed by atoms with Gasteiger partial charge in [-0.3, -0.25) is 14.9 Å². The quantitative estimate of drug-likeness (QED) is 0.121. The molecule has 3 rings (SSSR count). The fraction of sp³-hybridized carbons (Fsp3) is 0.115. The normalized spacial score (nSPS) is 10.7. The number of hydrogen-bond acceptors (Lipinski definition) is 8. The van der Waals surface area contributed by atoms with E-state index in [0.29, 0.717) is 16.9 Å². The first-order valence-electron chi connectivity index (χ1n) is 10.5. The van der Waals surface area contributed by atoms with E-state index in [0.717, 1.165) is 0 Å². The van der Waals surface area contributed by atoms with Crippen molar-refractivity contribution in [3.63, 3.8) is 0 Å². The minimum absolute atomic E-state index is 0.0827. The number of nitrogens with zero attached hydrogens (tertiary/aromatic N) is 2. The Morgan fingerprint density at radius 3 is 2.33 bits per heavy atom. The van der Waals surface area contributed by atoms with Crippen LogP contribution in [0, 0.1) is 28.4 Å². The smallest absolute Gasteiger partial charge is 0.343 e. The van der Waals surface area contributed by atoms with Gasteiger partial charge in [0.1, 0.15) is 17.4 Å². The molecule has 0 unspecified atom stereocenters. The maximum absolute atomic E-state index is 12.7. The number of nitro benzene ring substituents is 1. The average molecular weight is 487 g/mol. The Hall–Kier alpha value is -5.17. The fourth-order valence-corrected chi connectivity index (χ4v) is 3.11. The molecule has 0 radical (unpaired) electrons. The van der Waals surface area contributed by atoms with Gasteiger partial charge in [-0.2, -0.15) is 5.26 Å². The highest BCUT2D eigenvalue weighted by Crippen LogP contribution is 2.30. The maximum atomic E-state index is 12.7. The fourth-order valence-electron chi connectivity index (χ4n) is 3.11. The molecule has 1 N–H and O–H groups in total. The van der Waals surface area contributed by atoms with Crippen molar-refractivity contribution >= 4 is 29.3 Å². The van der Waals surface area contributed by atoms with Gasteiger partial charge in [0.2, 0.25) is 0 Å². The molecule has 182 valence electrons. The summed E-state index contributed by atoms with van der Waals surface area (Å²) < 4.78 is 15.8. The highest BCUT2D eigenvalue weighted by molar-refractivity contribution is 6.10. The topological polar surface area (TPSA) is 141 Å². The van der Waals surface area contributed by atoms with Gasteiger partial charge in [0.25, 0.3) is 11.6 Å². The Bertz CT molecular complexity index is 1390. The number of nitrogens with one attached hydrogen (secondary N) is 1. The van der Waals surface area contributed by atoms with Crippen molar-refractivity contribution in [1.82, 2.24) is 0 Å². The zero-order chi connectivity index (χ0) is 26.2. The molecule has 0 saturated heterocycles. The first-order chi connectivity index (χ1) is 17.2. The Kier molecular flexibility index (Phi) is 7.99. The van der Waals surface area contributed by atoms with Gasteiger partial charge < -0.3 is 19.5 Å². The average Bonchev–Trinajstić information content (AvgIpc) is 2.88. The van der Waals surface area contributed by atoms with Crippen LogP contribution in [0.2, 0.25) is 0 Å². The molecule has 1 amide bonds. The van der Waals surface area contributed by atoms with Gasteiger partial charge in [0.05, 0.1) is 30.4 Å². The highest BCUT2D eigenvalue weighted by atomic mass is 16.6. The lowest BCUT2D eigenvalue weighted by atomic mass is 10.1. The van der Waals surface area contributed by atoms with E-state index in [1.165, 1.54) is 50.6 Å². The first kappa shape index (κ1) is 25.5. The summed E-state index contributed by atoms with van der Waals surface area (Å²) in [7, 11) is 2.92. The summed E-state index contributed by atoms with van der Waals surface area (Å²) in [5, 5.41) is 23.1. The Morgan fingerprint density at radius 1 is 1.00 bits per heavy atom. The number of nitro groups is 1. The van der Waals surface area contributed by atoms with Crippen LogP contribution < -0.4 is 19.5 Å². The second-order valence-corrected chi connectivity index (χ2v) is 7.41. The number of benzene rings is 3. The van der Waals surface area contributed by atoms with E-state index in [9.17, 15) is 25.0 Å². The largest absolute Gasteiger partial charge is 0.497 e. The lowest BCUT2D eigenvalue weighted by Gasteiger charge is -2.11. The standard InChI is InChI=1S/C26H21N3O7/c1-16-4-8-20(29(32)33)14-22(16)28-25(30)19(15-27)12-17-5-11-23(35-3)24(13-17)36-26(31)18-6-9-21(34-2)10-7-18/h4-14H,1-3H3,(H,28,30)/b19-12+. The monoisotopic (exact) mass is 487 g/mol. The van der Waals surface area contributed by atoms with Crippen molar-refractivity contribution in [1.29, 1.82) is 5.26 Å². The van der Waals surface area contributed by atoms with E-state index in [1.54, 1.807) is 37.3 Å². The zero-order valence-electron chi connectivity index (χ0n) is 19.6. The number of ether oxygens (including phenoxy) is 3. The Balaban J connectivity index is 1.85. The molecule has 0 aliphatic carbocycles. The molecule has 10 heteroatoms. The molecule has 0 saturated carbocycles. The lowest BCUT2D eigenvalue weighted by molar-refractivity contribution is -0.384. The first-order valence-corrected chi connectivity index (χ1v) is 10.5. The van der Waals surface area contributed by atoms with Crippen LogP contribution in [0.25, 0.3) is 6.08 Å². The van der Waals surface area contributed by atoms with Gasteiger partial charge in [-0.15, -0.1) is 0 Å². The number of esters is 1. The van der Waals surface area contributed by atoms with Crippen molar-refractivity contribution < 1.29 is 28.7 Å². The number of hydrogen-bond donors (Lipinski definition) is 1. The predicted molar refractivity (Wildman–Crippen MR) is 131 cm³/mol. The molecule has 0 bridgehead atoms. The molecular weight excluding hydrogens is 466 g/mol. The minimum Gasteiger partial charge on any atom is -0.497 e. The second-order valence-electron chi connectivity index (χ2n) is 7.41. The summed E-state index contributed by atoms with van der Waals surface area (Å²) in [6.45, 7) is 1.67.